The second-order valence-electron chi connectivity index (χ2n) is 5.54. The van der Waals surface area contributed by atoms with Gasteiger partial charge in [-0.25, -0.2) is 0 Å². The molecule has 0 bridgehead atoms. The lowest BCUT2D eigenvalue weighted by Crippen LogP contribution is -2.25. The molecule has 1 fully saturated rings. The zero-order valence-corrected chi connectivity index (χ0v) is 11.3. The van der Waals surface area contributed by atoms with Gasteiger partial charge < -0.3 is 5.32 Å². The summed E-state index contributed by atoms with van der Waals surface area (Å²) in [4.78, 5) is 0. The molecule has 1 heterocycles. The van der Waals surface area contributed by atoms with Crippen LogP contribution >= 0.6 is 0 Å². The highest BCUT2D eigenvalue weighted by Gasteiger charge is 2.21. The van der Waals surface area contributed by atoms with Crippen LogP contribution in [0.15, 0.2) is 12.3 Å². The third kappa shape index (κ3) is 3.84. The largest absolute Gasteiger partial charge is 0.314 e. The average molecular weight is 235 g/mol. The second kappa shape index (κ2) is 5.67. The van der Waals surface area contributed by atoms with Gasteiger partial charge in [0.1, 0.15) is 0 Å². The number of hydrogen-bond acceptors (Lipinski definition) is 2. The summed E-state index contributed by atoms with van der Waals surface area (Å²) >= 11 is 0. The summed E-state index contributed by atoms with van der Waals surface area (Å²) in [6, 6.07) is 3.45. The van der Waals surface area contributed by atoms with Crippen LogP contribution in [-0.4, -0.2) is 22.4 Å². The number of rotatable bonds is 7. The molecule has 0 radical (unpaired) electrons. The topological polar surface area (TPSA) is 29.9 Å². The maximum absolute atomic E-state index is 4.63. The first-order valence-corrected chi connectivity index (χ1v) is 6.96. The zero-order valence-electron chi connectivity index (χ0n) is 11.3. The van der Waals surface area contributed by atoms with Gasteiger partial charge in [-0.2, -0.15) is 5.10 Å². The van der Waals surface area contributed by atoms with Crippen molar-refractivity contribution >= 4 is 0 Å². The molecule has 1 unspecified atom stereocenters. The molecule has 0 aromatic carbocycles. The lowest BCUT2D eigenvalue weighted by Gasteiger charge is -2.14. The second-order valence-corrected chi connectivity index (χ2v) is 5.54. The quantitative estimate of drug-likeness (QED) is 0.787. The summed E-state index contributed by atoms with van der Waals surface area (Å²) in [5.41, 5.74) is 1.24. The number of hydrogen-bond donors (Lipinski definition) is 1. The van der Waals surface area contributed by atoms with Gasteiger partial charge in [0, 0.05) is 18.3 Å². The van der Waals surface area contributed by atoms with Crippen molar-refractivity contribution in [2.24, 2.45) is 5.92 Å². The first-order chi connectivity index (χ1) is 8.19. The highest BCUT2D eigenvalue weighted by atomic mass is 15.3. The van der Waals surface area contributed by atoms with Crippen LogP contribution in [0.1, 0.15) is 51.8 Å². The van der Waals surface area contributed by atoms with Crippen molar-refractivity contribution in [1.29, 1.82) is 0 Å². The summed E-state index contributed by atoms with van der Waals surface area (Å²) < 4.78 is 2.05. The Kier molecular flexibility index (Phi) is 4.21. The van der Waals surface area contributed by atoms with Gasteiger partial charge in [0.15, 0.2) is 0 Å². The molecule has 17 heavy (non-hydrogen) atoms. The van der Waals surface area contributed by atoms with Gasteiger partial charge in [-0.3, -0.25) is 4.68 Å². The van der Waals surface area contributed by atoms with Crippen LogP contribution in [0.4, 0.5) is 0 Å². The molecule has 0 spiro atoms. The molecule has 1 N–H and O–H groups in total. The number of nitrogens with one attached hydrogen (secondary N) is 1. The minimum atomic E-state index is 0.466. The Balaban J connectivity index is 1.82. The summed E-state index contributed by atoms with van der Waals surface area (Å²) in [5.74, 6) is 0.728. The van der Waals surface area contributed by atoms with E-state index < -0.39 is 0 Å². The first-order valence-electron chi connectivity index (χ1n) is 6.96. The van der Waals surface area contributed by atoms with Gasteiger partial charge in [0.2, 0.25) is 0 Å². The van der Waals surface area contributed by atoms with Gasteiger partial charge in [-0.1, -0.05) is 13.3 Å². The molecule has 0 saturated heterocycles. The minimum absolute atomic E-state index is 0.466. The van der Waals surface area contributed by atoms with Crippen LogP contribution in [0, 0.1) is 5.92 Å². The lowest BCUT2D eigenvalue weighted by molar-refractivity contribution is 0.447. The van der Waals surface area contributed by atoms with Gasteiger partial charge in [0.05, 0.1) is 5.69 Å². The van der Waals surface area contributed by atoms with E-state index in [4.69, 9.17) is 0 Å². The fourth-order valence-corrected chi connectivity index (χ4v) is 2.05. The first kappa shape index (κ1) is 12.6. The summed E-state index contributed by atoms with van der Waals surface area (Å²) in [5, 5.41) is 8.25. The van der Waals surface area contributed by atoms with Crippen molar-refractivity contribution in [1.82, 2.24) is 15.1 Å². The Morgan fingerprint density at radius 3 is 2.76 bits per heavy atom. The Morgan fingerprint density at radius 1 is 1.47 bits per heavy atom. The Labute approximate surface area is 105 Å². The van der Waals surface area contributed by atoms with Crippen molar-refractivity contribution in [3.8, 4) is 0 Å². The van der Waals surface area contributed by atoms with Crippen molar-refractivity contribution < 1.29 is 0 Å². The highest BCUT2D eigenvalue weighted by Crippen LogP contribution is 2.20. The highest BCUT2D eigenvalue weighted by molar-refractivity contribution is 5.01. The van der Waals surface area contributed by atoms with E-state index in [-0.39, 0.29) is 0 Å². The van der Waals surface area contributed by atoms with E-state index in [1.165, 1.54) is 25.0 Å². The van der Waals surface area contributed by atoms with Crippen LogP contribution in [0.2, 0.25) is 0 Å². The Morgan fingerprint density at radius 2 is 2.24 bits per heavy atom. The molecule has 1 aromatic heterocycles. The molecule has 1 aliphatic carbocycles. The van der Waals surface area contributed by atoms with E-state index in [1.807, 2.05) is 0 Å². The van der Waals surface area contributed by atoms with Crippen molar-refractivity contribution in [3.63, 3.8) is 0 Å². The molecule has 0 aliphatic heterocycles. The standard InChI is InChI=1S/C14H25N3/c1-4-12(10-15-13-5-6-13)9-14-7-8-17(16-14)11(2)3/h7-8,11-13,15H,4-6,9-10H2,1-3H3. The molecule has 1 aromatic rings. The normalized spacial score (nSPS) is 17.6. The molecule has 3 heteroatoms. The van der Waals surface area contributed by atoms with Crippen LogP contribution in [0.5, 0.6) is 0 Å². The van der Waals surface area contributed by atoms with E-state index in [0.29, 0.717) is 6.04 Å². The minimum Gasteiger partial charge on any atom is -0.314 e. The lowest BCUT2D eigenvalue weighted by atomic mass is 10.0. The molecule has 96 valence electrons. The van der Waals surface area contributed by atoms with Crippen LogP contribution in [0.25, 0.3) is 0 Å². The third-order valence-corrected chi connectivity index (χ3v) is 3.54. The SMILES string of the molecule is CCC(CNC1CC1)Cc1ccn(C(C)C)n1. The maximum Gasteiger partial charge on any atom is 0.0627 e. The van der Waals surface area contributed by atoms with Gasteiger partial charge >= 0.3 is 0 Å². The number of aromatic nitrogens is 2. The van der Waals surface area contributed by atoms with Crippen molar-refractivity contribution in [3.05, 3.63) is 18.0 Å². The van der Waals surface area contributed by atoms with Crippen LogP contribution in [-0.2, 0) is 6.42 Å². The van der Waals surface area contributed by atoms with Crippen LogP contribution in [0.3, 0.4) is 0 Å². The third-order valence-electron chi connectivity index (χ3n) is 3.54. The summed E-state index contributed by atoms with van der Waals surface area (Å²) in [6.45, 7) is 7.76. The molecular weight excluding hydrogens is 210 g/mol. The summed E-state index contributed by atoms with van der Waals surface area (Å²) in [6.07, 6.45) is 7.18. The zero-order chi connectivity index (χ0) is 12.3. The average Bonchev–Trinajstić information content (AvgIpc) is 3.01. The molecule has 3 nitrogen and oxygen atoms in total. The fourth-order valence-electron chi connectivity index (χ4n) is 2.05. The van der Waals surface area contributed by atoms with E-state index >= 15 is 0 Å². The molecule has 1 atom stereocenters. The van der Waals surface area contributed by atoms with Gasteiger partial charge in [0.25, 0.3) is 0 Å². The van der Waals surface area contributed by atoms with Gasteiger partial charge in [-0.15, -0.1) is 0 Å². The maximum atomic E-state index is 4.63. The Hall–Kier alpha value is -0.830. The smallest absolute Gasteiger partial charge is 0.0627 e. The van der Waals surface area contributed by atoms with E-state index in [2.05, 4.69) is 48.1 Å². The number of nitrogens with zero attached hydrogens (tertiary/aromatic N) is 2. The molecule has 1 saturated carbocycles. The fraction of sp³-hybridized carbons (Fsp3) is 0.786. The van der Waals surface area contributed by atoms with Crippen molar-refractivity contribution in [2.75, 3.05) is 6.54 Å². The molecule has 1 aliphatic rings. The predicted octanol–water partition coefficient (Wildman–Crippen LogP) is 2.78. The van der Waals surface area contributed by atoms with Crippen molar-refractivity contribution in [2.45, 2.75) is 58.5 Å². The van der Waals surface area contributed by atoms with E-state index in [1.54, 1.807) is 0 Å². The van der Waals surface area contributed by atoms with Gasteiger partial charge in [-0.05, 0) is 51.6 Å². The van der Waals surface area contributed by atoms with Crippen LogP contribution < -0.4 is 5.32 Å². The molecule has 2 rings (SSSR count). The van der Waals surface area contributed by atoms with E-state index in [0.717, 1.165) is 24.9 Å². The predicted molar refractivity (Wildman–Crippen MR) is 71.1 cm³/mol. The monoisotopic (exact) mass is 235 g/mol. The molecular formula is C14H25N3. The summed E-state index contributed by atoms with van der Waals surface area (Å²) in [7, 11) is 0. The van der Waals surface area contributed by atoms with E-state index in [9.17, 15) is 0 Å². The molecule has 0 amide bonds. The Bertz CT molecular complexity index is 339.